The van der Waals surface area contributed by atoms with Crippen LogP contribution in [0, 0.1) is 11.7 Å². The summed E-state index contributed by atoms with van der Waals surface area (Å²) in [4.78, 5) is 9.60. The first-order chi connectivity index (χ1) is 11.3. The first-order valence-electron chi connectivity index (χ1n) is 7.44. The Bertz CT molecular complexity index is 737. The van der Waals surface area contributed by atoms with Gasteiger partial charge in [-0.1, -0.05) is 0 Å². The number of aromatic nitrogens is 2. The van der Waals surface area contributed by atoms with Crippen LogP contribution in [0.1, 0.15) is 6.42 Å². The Morgan fingerprint density at radius 2 is 2.08 bits per heavy atom. The second kappa shape index (κ2) is 6.79. The van der Waals surface area contributed by atoms with E-state index in [0.717, 1.165) is 0 Å². The quantitative estimate of drug-likeness (QED) is 0.783. The largest absolute Gasteiger partial charge is 0.401 e. The van der Waals surface area contributed by atoms with E-state index in [1.165, 1.54) is 17.3 Å². The molecule has 4 nitrogen and oxygen atoms in total. The van der Waals surface area contributed by atoms with E-state index in [2.05, 4.69) is 31.2 Å². The maximum absolute atomic E-state index is 13.6. The molecule has 0 aliphatic carbocycles. The normalized spacial score (nSPS) is 19.1. The fourth-order valence-corrected chi connectivity index (χ4v) is 3.25. The standard InChI is InChI=1S/C15H15BrF4N4/c16-11-3-10-13(4-12(11)17)22-8-23-14(10)21-5-9-1-2-24(6-9)7-15(18,19)20/h3-4,8-9H,1-2,5-7H2,(H,21,22,23)/t9-/m1/s1. The third-order valence-electron chi connectivity index (χ3n) is 4.01. The van der Waals surface area contributed by atoms with Crippen LogP contribution in [-0.4, -0.2) is 47.2 Å². The van der Waals surface area contributed by atoms with Crippen LogP contribution in [0.15, 0.2) is 22.9 Å². The summed E-state index contributed by atoms with van der Waals surface area (Å²) in [6.45, 7) is 0.475. The molecule has 2 aromatic rings. The highest BCUT2D eigenvalue weighted by Gasteiger charge is 2.34. The van der Waals surface area contributed by atoms with Crippen LogP contribution in [0.5, 0.6) is 0 Å². The predicted molar refractivity (Wildman–Crippen MR) is 86.3 cm³/mol. The fourth-order valence-electron chi connectivity index (χ4n) is 2.91. The number of rotatable bonds is 4. The Hall–Kier alpha value is -1.48. The average molecular weight is 407 g/mol. The highest BCUT2D eigenvalue weighted by Crippen LogP contribution is 2.27. The lowest BCUT2D eigenvalue weighted by atomic mass is 10.1. The molecule has 1 N–H and O–H groups in total. The first-order valence-corrected chi connectivity index (χ1v) is 8.24. The maximum Gasteiger partial charge on any atom is 0.401 e. The van der Waals surface area contributed by atoms with E-state index in [0.29, 0.717) is 47.2 Å². The summed E-state index contributed by atoms with van der Waals surface area (Å²) in [6, 6.07) is 2.91. The molecular formula is C15H15BrF4N4. The van der Waals surface area contributed by atoms with Crippen LogP contribution in [-0.2, 0) is 0 Å². The SMILES string of the molecule is Fc1cc2ncnc(NC[C@H]3CCN(CC(F)(F)F)C3)c2cc1Br. The molecule has 0 radical (unpaired) electrons. The van der Waals surface area contributed by atoms with E-state index in [-0.39, 0.29) is 5.92 Å². The molecule has 0 saturated carbocycles. The molecule has 0 spiro atoms. The third kappa shape index (κ3) is 4.13. The first kappa shape index (κ1) is 17.3. The molecule has 1 aliphatic rings. The van der Waals surface area contributed by atoms with Crippen molar-refractivity contribution in [3.05, 3.63) is 28.7 Å². The Kier molecular flexibility index (Phi) is 4.91. The van der Waals surface area contributed by atoms with Crippen molar-refractivity contribution < 1.29 is 17.6 Å². The Morgan fingerprint density at radius 3 is 2.83 bits per heavy atom. The highest BCUT2D eigenvalue weighted by molar-refractivity contribution is 9.10. The van der Waals surface area contributed by atoms with E-state index >= 15 is 0 Å². The summed E-state index contributed by atoms with van der Waals surface area (Å²) in [5.74, 6) is 0.252. The molecule has 1 fully saturated rings. The number of fused-ring (bicyclic) bond motifs is 1. The van der Waals surface area contributed by atoms with Crippen LogP contribution in [0.2, 0.25) is 0 Å². The van der Waals surface area contributed by atoms with Gasteiger partial charge in [0.15, 0.2) is 0 Å². The van der Waals surface area contributed by atoms with Gasteiger partial charge >= 0.3 is 6.18 Å². The van der Waals surface area contributed by atoms with Gasteiger partial charge in [0.05, 0.1) is 16.5 Å². The minimum Gasteiger partial charge on any atom is -0.369 e. The second-order valence-corrected chi connectivity index (χ2v) is 6.75. The van der Waals surface area contributed by atoms with Gasteiger partial charge in [-0.05, 0) is 40.9 Å². The number of halogens is 5. The molecule has 3 rings (SSSR count). The maximum atomic E-state index is 13.6. The topological polar surface area (TPSA) is 41.1 Å². The average Bonchev–Trinajstić information content (AvgIpc) is 2.92. The number of nitrogens with one attached hydrogen (secondary N) is 1. The summed E-state index contributed by atoms with van der Waals surface area (Å²) < 4.78 is 51.1. The van der Waals surface area contributed by atoms with Gasteiger partial charge in [-0.25, -0.2) is 14.4 Å². The number of likely N-dealkylation sites (tertiary alicyclic amines) is 1. The summed E-state index contributed by atoms with van der Waals surface area (Å²) in [5, 5.41) is 3.82. The molecule has 9 heteroatoms. The van der Waals surface area contributed by atoms with Crippen molar-refractivity contribution in [2.75, 3.05) is 31.5 Å². The van der Waals surface area contributed by atoms with Crippen molar-refractivity contribution in [2.45, 2.75) is 12.6 Å². The lowest BCUT2D eigenvalue weighted by Crippen LogP contribution is -2.33. The Balaban J connectivity index is 1.65. The summed E-state index contributed by atoms with van der Waals surface area (Å²) >= 11 is 3.13. The monoisotopic (exact) mass is 406 g/mol. The van der Waals surface area contributed by atoms with Gasteiger partial charge in [0.25, 0.3) is 0 Å². The van der Waals surface area contributed by atoms with E-state index < -0.39 is 18.5 Å². The van der Waals surface area contributed by atoms with Gasteiger partial charge in [-0.15, -0.1) is 0 Å². The van der Waals surface area contributed by atoms with Crippen molar-refractivity contribution in [3.63, 3.8) is 0 Å². The van der Waals surface area contributed by atoms with E-state index in [1.54, 1.807) is 6.07 Å². The van der Waals surface area contributed by atoms with Crippen LogP contribution in [0.3, 0.4) is 0 Å². The molecule has 1 atom stereocenters. The number of benzene rings is 1. The van der Waals surface area contributed by atoms with Crippen LogP contribution in [0.4, 0.5) is 23.4 Å². The number of hydrogen-bond donors (Lipinski definition) is 1. The van der Waals surface area contributed by atoms with Gasteiger partial charge < -0.3 is 5.32 Å². The van der Waals surface area contributed by atoms with Crippen molar-refractivity contribution in [3.8, 4) is 0 Å². The van der Waals surface area contributed by atoms with Gasteiger partial charge in [0.2, 0.25) is 0 Å². The highest BCUT2D eigenvalue weighted by atomic mass is 79.9. The number of anilines is 1. The minimum atomic E-state index is -4.17. The zero-order valence-corrected chi connectivity index (χ0v) is 14.2. The Labute approximate surface area is 144 Å². The lowest BCUT2D eigenvalue weighted by molar-refractivity contribution is -0.143. The van der Waals surface area contributed by atoms with Gasteiger partial charge in [-0.3, -0.25) is 4.90 Å². The number of alkyl halides is 3. The molecule has 0 unspecified atom stereocenters. The smallest absolute Gasteiger partial charge is 0.369 e. The van der Waals surface area contributed by atoms with Gasteiger partial charge in [0, 0.05) is 24.5 Å². The zero-order chi connectivity index (χ0) is 17.3. The fraction of sp³-hybridized carbons (Fsp3) is 0.467. The second-order valence-electron chi connectivity index (χ2n) is 5.89. The van der Waals surface area contributed by atoms with Crippen molar-refractivity contribution in [2.24, 2.45) is 5.92 Å². The molecule has 2 heterocycles. The molecule has 24 heavy (non-hydrogen) atoms. The molecule has 1 aromatic heterocycles. The zero-order valence-electron chi connectivity index (χ0n) is 12.6. The van der Waals surface area contributed by atoms with Crippen molar-refractivity contribution >= 4 is 32.7 Å². The van der Waals surface area contributed by atoms with Crippen molar-refractivity contribution in [1.29, 1.82) is 0 Å². The van der Waals surface area contributed by atoms with Crippen LogP contribution < -0.4 is 5.32 Å². The molecule has 0 bridgehead atoms. The van der Waals surface area contributed by atoms with Gasteiger partial charge in [-0.2, -0.15) is 13.2 Å². The molecule has 130 valence electrons. The molecular weight excluding hydrogens is 392 g/mol. The van der Waals surface area contributed by atoms with Crippen molar-refractivity contribution in [1.82, 2.24) is 14.9 Å². The summed E-state index contributed by atoms with van der Waals surface area (Å²) in [5.41, 5.74) is 0.471. The van der Waals surface area contributed by atoms with Crippen LogP contribution in [0.25, 0.3) is 10.9 Å². The van der Waals surface area contributed by atoms with Gasteiger partial charge in [0.1, 0.15) is 18.0 Å². The lowest BCUT2D eigenvalue weighted by Gasteiger charge is -2.18. The molecule has 1 aromatic carbocycles. The van der Waals surface area contributed by atoms with E-state index in [1.807, 2.05) is 0 Å². The predicted octanol–water partition coefficient (Wildman–Crippen LogP) is 3.83. The van der Waals surface area contributed by atoms with E-state index in [9.17, 15) is 17.6 Å². The number of hydrogen-bond acceptors (Lipinski definition) is 4. The van der Waals surface area contributed by atoms with E-state index in [4.69, 9.17) is 0 Å². The molecule has 1 saturated heterocycles. The summed E-state index contributed by atoms with van der Waals surface area (Å²) in [6.07, 6.45) is -2.13. The Morgan fingerprint density at radius 1 is 1.29 bits per heavy atom. The molecule has 1 aliphatic heterocycles. The van der Waals surface area contributed by atoms with Crippen LogP contribution >= 0.6 is 15.9 Å². The minimum absolute atomic E-state index is 0.112. The summed E-state index contributed by atoms with van der Waals surface area (Å²) in [7, 11) is 0. The third-order valence-corrected chi connectivity index (χ3v) is 4.62. The number of nitrogens with zero attached hydrogens (tertiary/aromatic N) is 3. The molecule has 0 amide bonds.